The van der Waals surface area contributed by atoms with Crippen LogP contribution >= 0.6 is 0 Å². The number of carbonyl (C=O) groups excluding carboxylic acids is 2. The second-order valence-corrected chi connectivity index (χ2v) is 4.02. The summed E-state index contributed by atoms with van der Waals surface area (Å²) in [5, 5.41) is 10.8. The topological polar surface area (TPSA) is 109 Å². The van der Waals surface area contributed by atoms with E-state index in [0.29, 0.717) is 0 Å². The fourth-order valence-corrected chi connectivity index (χ4v) is 1.50. The highest BCUT2D eigenvalue weighted by atomic mass is 19.2. The summed E-state index contributed by atoms with van der Waals surface area (Å²) < 4.78 is 26.3. The molecule has 0 unspecified atom stereocenters. The number of hydrogen-bond donors (Lipinski definition) is 3. The number of aliphatic carboxylic acids is 1. The molecule has 0 fully saturated rings. The maximum Gasteiger partial charge on any atom is 0.326 e. The number of primary amides is 1. The van der Waals surface area contributed by atoms with Crippen molar-refractivity contribution in [3.8, 4) is 0 Å². The number of amides is 2. The van der Waals surface area contributed by atoms with E-state index < -0.39 is 48.3 Å². The molecular formula is C12H12F2N2O4. The number of benzene rings is 1. The highest BCUT2D eigenvalue weighted by molar-refractivity contribution is 5.88. The largest absolute Gasteiger partial charge is 0.480 e. The molecule has 108 valence electrons. The first kappa shape index (κ1) is 15.5. The molecule has 0 saturated carbocycles. The van der Waals surface area contributed by atoms with E-state index in [1.165, 1.54) is 12.1 Å². The van der Waals surface area contributed by atoms with Crippen LogP contribution in [0.5, 0.6) is 0 Å². The lowest BCUT2D eigenvalue weighted by Crippen LogP contribution is -2.44. The van der Waals surface area contributed by atoms with Gasteiger partial charge in [0.1, 0.15) is 6.04 Å². The summed E-state index contributed by atoms with van der Waals surface area (Å²) in [5.74, 6) is -5.50. The Morgan fingerprint density at radius 2 is 1.95 bits per heavy atom. The Kier molecular flexibility index (Phi) is 5.13. The minimum absolute atomic E-state index is 0.217. The van der Waals surface area contributed by atoms with E-state index in [9.17, 15) is 23.2 Å². The molecule has 8 heteroatoms. The van der Waals surface area contributed by atoms with E-state index in [1.807, 2.05) is 5.32 Å². The first-order chi connectivity index (χ1) is 9.31. The number of rotatable bonds is 6. The number of nitrogens with two attached hydrogens (primary N) is 1. The van der Waals surface area contributed by atoms with Gasteiger partial charge in [0.15, 0.2) is 11.6 Å². The van der Waals surface area contributed by atoms with Crippen LogP contribution in [0.2, 0.25) is 0 Å². The molecular weight excluding hydrogens is 274 g/mol. The second-order valence-electron chi connectivity index (χ2n) is 4.02. The van der Waals surface area contributed by atoms with Crippen LogP contribution in [0, 0.1) is 11.6 Å². The lowest BCUT2D eigenvalue weighted by atomic mass is 10.1. The molecule has 20 heavy (non-hydrogen) atoms. The highest BCUT2D eigenvalue weighted by Crippen LogP contribution is 2.12. The zero-order valence-electron chi connectivity index (χ0n) is 10.2. The third-order valence-corrected chi connectivity index (χ3v) is 2.42. The molecule has 1 rings (SSSR count). The number of nitrogens with one attached hydrogen (secondary N) is 1. The van der Waals surface area contributed by atoms with Crippen LogP contribution in [-0.2, 0) is 20.8 Å². The summed E-state index contributed by atoms with van der Waals surface area (Å²) in [4.78, 5) is 33.0. The summed E-state index contributed by atoms with van der Waals surface area (Å²) in [6.07, 6.45) is -1.14. The Morgan fingerprint density at radius 1 is 1.30 bits per heavy atom. The van der Waals surface area contributed by atoms with E-state index in [0.717, 1.165) is 6.07 Å². The predicted octanol–water partition coefficient (Wildman–Crippen LogP) is -0.0479. The van der Waals surface area contributed by atoms with Gasteiger partial charge in [0, 0.05) is 5.56 Å². The number of carboxylic acids is 1. The van der Waals surface area contributed by atoms with Crippen LogP contribution < -0.4 is 11.1 Å². The summed E-state index contributed by atoms with van der Waals surface area (Å²) in [6.45, 7) is 0. The molecule has 0 bridgehead atoms. The van der Waals surface area contributed by atoms with Crippen LogP contribution in [0.3, 0.4) is 0 Å². The molecule has 2 amide bonds. The zero-order chi connectivity index (χ0) is 15.3. The molecule has 0 saturated heterocycles. The van der Waals surface area contributed by atoms with Crippen LogP contribution in [0.4, 0.5) is 8.78 Å². The van der Waals surface area contributed by atoms with Crippen molar-refractivity contribution >= 4 is 17.8 Å². The molecule has 1 atom stereocenters. The van der Waals surface area contributed by atoms with Crippen LogP contribution in [0.15, 0.2) is 18.2 Å². The molecule has 0 aliphatic carbocycles. The molecule has 6 nitrogen and oxygen atoms in total. The molecule has 0 radical (unpaired) electrons. The van der Waals surface area contributed by atoms with Crippen molar-refractivity contribution in [2.75, 3.05) is 0 Å². The number of carbonyl (C=O) groups is 3. The molecule has 0 aliphatic rings. The Bertz CT molecular complexity index is 548. The van der Waals surface area contributed by atoms with E-state index in [4.69, 9.17) is 10.8 Å². The van der Waals surface area contributed by atoms with Gasteiger partial charge in [0.05, 0.1) is 12.8 Å². The minimum Gasteiger partial charge on any atom is -0.480 e. The van der Waals surface area contributed by atoms with Crippen molar-refractivity contribution in [2.45, 2.75) is 18.9 Å². The van der Waals surface area contributed by atoms with E-state index >= 15 is 0 Å². The summed E-state index contributed by atoms with van der Waals surface area (Å²) >= 11 is 0. The van der Waals surface area contributed by atoms with Gasteiger partial charge >= 0.3 is 5.97 Å². The second kappa shape index (κ2) is 6.60. The first-order valence-corrected chi connectivity index (χ1v) is 5.54. The Morgan fingerprint density at radius 3 is 2.50 bits per heavy atom. The van der Waals surface area contributed by atoms with Crippen molar-refractivity contribution < 1.29 is 28.3 Å². The third kappa shape index (κ3) is 4.30. The molecule has 0 spiro atoms. The third-order valence-electron chi connectivity index (χ3n) is 2.42. The van der Waals surface area contributed by atoms with Gasteiger partial charge in [0.2, 0.25) is 11.8 Å². The van der Waals surface area contributed by atoms with E-state index in [-0.39, 0.29) is 5.56 Å². The van der Waals surface area contributed by atoms with Gasteiger partial charge in [-0.15, -0.1) is 0 Å². The smallest absolute Gasteiger partial charge is 0.326 e. The molecule has 4 N–H and O–H groups in total. The average molecular weight is 286 g/mol. The quantitative estimate of drug-likeness (QED) is 0.681. The summed E-state index contributed by atoms with van der Waals surface area (Å²) in [7, 11) is 0. The summed E-state index contributed by atoms with van der Waals surface area (Å²) in [5.41, 5.74) is 4.62. The van der Waals surface area contributed by atoms with Gasteiger partial charge in [-0.05, 0) is 6.07 Å². The molecule has 0 heterocycles. The Hall–Kier alpha value is -2.51. The van der Waals surface area contributed by atoms with Crippen LogP contribution in [0.1, 0.15) is 12.0 Å². The normalized spacial score (nSPS) is 11.7. The highest BCUT2D eigenvalue weighted by Gasteiger charge is 2.22. The first-order valence-electron chi connectivity index (χ1n) is 5.54. The van der Waals surface area contributed by atoms with Gasteiger partial charge in [-0.2, -0.15) is 0 Å². The summed E-state index contributed by atoms with van der Waals surface area (Å²) in [6, 6.07) is 1.81. The van der Waals surface area contributed by atoms with Crippen molar-refractivity contribution in [2.24, 2.45) is 5.73 Å². The van der Waals surface area contributed by atoms with Gasteiger partial charge < -0.3 is 16.2 Å². The van der Waals surface area contributed by atoms with Crippen molar-refractivity contribution in [1.82, 2.24) is 5.32 Å². The van der Waals surface area contributed by atoms with Gasteiger partial charge in [0.25, 0.3) is 0 Å². The minimum atomic E-state index is -1.50. The standard InChI is InChI=1S/C12H12F2N2O4/c13-7-3-1-2-6(11(7)14)4-10(18)16-8(12(19)20)5-9(15)17/h1-3,8H,4-5H2,(H2,15,17)(H,16,18)(H,19,20)/t8-/m1/s1. The van der Waals surface area contributed by atoms with Gasteiger partial charge in [-0.25, -0.2) is 13.6 Å². The fraction of sp³-hybridized carbons (Fsp3) is 0.250. The van der Waals surface area contributed by atoms with Gasteiger partial charge in [-0.3, -0.25) is 9.59 Å². The Labute approximate surface area is 112 Å². The van der Waals surface area contributed by atoms with Crippen molar-refractivity contribution in [1.29, 1.82) is 0 Å². The van der Waals surface area contributed by atoms with Crippen LogP contribution in [0.25, 0.3) is 0 Å². The van der Waals surface area contributed by atoms with E-state index in [1.54, 1.807) is 0 Å². The van der Waals surface area contributed by atoms with Gasteiger partial charge in [-0.1, -0.05) is 12.1 Å². The number of carboxylic acid groups (broad SMARTS) is 1. The average Bonchev–Trinajstić information content (AvgIpc) is 2.33. The zero-order valence-corrected chi connectivity index (χ0v) is 10.2. The molecule has 0 aliphatic heterocycles. The number of halogens is 2. The SMILES string of the molecule is NC(=O)C[C@@H](NC(=O)Cc1cccc(F)c1F)C(=O)O. The van der Waals surface area contributed by atoms with E-state index in [2.05, 4.69) is 0 Å². The fourth-order valence-electron chi connectivity index (χ4n) is 1.50. The molecule has 0 aromatic heterocycles. The monoisotopic (exact) mass is 286 g/mol. The van der Waals surface area contributed by atoms with Crippen LogP contribution in [-0.4, -0.2) is 28.9 Å². The lowest BCUT2D eigenvalue weighted by molar-refractivity contribution is -0.143. The van der Waals surface area contributed by atoms with Crippen molar-refractivity contribution in [3.05, 3.63) is 35.4 Å². The molecule has 1 aromatic rings. The van der Waals surface area contributed by atoms with Crippen molar-refractivity contribution in [3.63, 3.8) is 0 Å². The predicted molar refractivity (Wildman–Crippen MR) is 63.4 cm³/mol. The molecule has 1 aromatic carbocycles. The maximum atomic E-state index is 13.3. The maximum absolute atomic E-state index is 13.3. The lowest BCUT2D eigenvalue weighted by Gasteiger charge is -2.13. The number of hydrogen-bond acceptors (Lipinski definition) is 3. The Balaban J connectivity index is 2.73.